The fourth-order valence-corrected chi connectivity index (χ4v) is 1.79. The minimum absolute atomic E-state index is 0.137. The van der Waals surface area contributed by atoms with Gasteiger partial charge >= 0.3 is 5.97 Å². The van der Waals surface area contributed by atoms with Crippen molar-refractivity contribution in [3.05, 3.63) is 34.5 Å². The molecule has 0 saturated carbocycles. The van der Waals surface area contributed by atoms with Crippen LogP contribution < -0.4 is 4.74 Å². The van der Waals surface area contributed by atoms with Crippen molar-refractivity contribution in [3.63, 3.8) is 0 Å². The molecule has 19 heavy (non-hydrogen) atoms. The molecular weight excluding hydrogens is 252 g/mol. The van der Waals surface area contributed by atoms with Gasteiger partial charge < -0.3 is 4.74 Å². The Morgan fingerprint density at radius 1 is 1.32 bits per heavy atom. The predicted octanol–water partition coefficient (Wildman–Crippen LogP) is 2.13. The van der Waals surface area contributed by atoms with E-state index < -0.39 is 10.9 Å². The van der Waals surface area contributed by atoms with E-state index in [4.69, 9.17) is 4.74 Å². The highest BCUT2D eigenvalue weighted by Crippen LogP contribution is 2.31. The SMILES string of the molecule is CC(=O)Oc1cn(C(C)=O)c2cc([N+](=O)[O-])ccc12. The molecular formula is C12H10N2O5. The van der Waals surface area contributed by atoms with Crippen molar-refractivity contribution >= 4 is 28.5 Å². The highest BCUT2D eigenvalue weighted by Gasteiger charge is 2.17. The molecule has 0 spiro atoms. The van der Waals surface area contributed by atoms with Gasteiger partial charge in [0.2, 0.25) is 5.91 Å². The second-order valence-corrected chi connectivity index (χ2v) is 3.93. The van der Waals surface area contributed by atoms with Crippen molar-refractivity contribution < 1.29 is 19.2 Å². The Labute approximate surface area is 107 Å². The molecule has 0 atom stereocenters. The number of carbonyl (C=O) groups excluding carboxylic acids is 2. The average Bonchev–Trinajstić information content (AvgIpc) is 2.66. The predicted molar refractivity (Wildman–Crippen MR) is 66.2 cm³/mol. The van der Waals surface area contributed by atoms with Crippen LogP contribution in [0.1, 0.15) is 18.6 Å². The van der Waals surface area contributed by atoms with Crippen LogP contribution in [0.3, 0.4) is 0 Å². The zero-order chi connectivity index (χ0) is 14.2. The van der Waals surface area contributed by atoms with E-state index in [2.05, 4.69) is 0 Å². The third kappa shape index (κ3) is 2.30. The van der Waals surface area contributed by atoms with Crippen LogP contribution in [0.25, 0.3) is 10.9 Å². The monoisotopic (exact) mass is 262 g/mol. The zero-order valence-electron chi connectivity index (χ0n) is 10.2. The van der Waals surface area contributed by atoms with Gasteiger partial charge in [-0.25, -0.2) is 0 Å². The van der Waals surface area contributed by atoms with Crippen molar-refractivity contribution in [1.82, 2.24) is 4.57 Å². The normalized spacial score (nSPS) is 10.4. The molecule has 7 nitrogen and oxygen atoms in total. The van der Waals surface area contributed by atoms with Gasteiger partial charge in [0.25, 0.3) is 5.69 Å². The van der Waals surface area contributed by atoms with Gasteiger partial charge in [-0.15, -0.1) is 0 Å². The second kappa shape index (κ2) is 4.52. The molecule has 0 aliphatic rings. The fourth-order valence-electron chi connectivity index (χ4n) is 1.79. The Hall–Kier alpha value is -2.70. The summed E-state index contributed by atoms with van der Waals surface area (Å²) < 4.78 is 6.19. The van der Waals surface area contributed by atoms with E-state index in [9.17, 15) is 19.7 Å². The molecule has 2 rings (SSSR count). The van der Waals surface area contributed by atoms with Gasteiger partial charge in [0, 0.05) is 31.4 Å². The molecule has 0 aliphatic heterocycles. The third-order valence-corrected chi connectivity index (χ3v) is 2.56. The van der Waals surface area contributed by atoms with Crippen molar-refractivity contribution in [2.24, 2.45) is 0 Å². The lowest BCUT2D eigenvalue weighted by Crippen LogP contribution is -2.04. The van der Waals surface area contributed by atoms with E-state index in [1.807, 2.05) is 0 Å². The lowest BCUT2D eigenvalue weighted by atomic mass is 10.2. The number of nitro groups is 1. The number of carbonyl (C=O) groups is 2. The van der Waals surface area contributed by atoms with Crippen LogP contribution in [0.5, 0.6) is 5.75 Å². The number of hydrogen-bond donors (Lipinski definition) is 0. The quantitative estimate of drug-likeness (QED) is 0.469. The van der Waals surface area contributed by atoms with E-state index in [1.54, 1.807) is 0 Å². The van der Waals surface area contributed by atoms with Gasteiger partial charge in [0.1, 0.15) is 0 Å². The van der Waals surface area contributed by atoms with E-state index in [0.29, 0.717) is 10.9 Å². The smallest absolute Gasteiger partial charge is 0.308 e. The molecule has 0 saturated heterocycles. The van der Waals surface area contributed by atoms with Gasteiger partial charge in [-0.1, -0.05) is 0 Å². The lowest BCUT2D eigenvalue weighted by molar-refractivity contribution is -0.384. The number of nitro benzene ring substituents is 1. The Kier molecular flexibility index (Phi) is 3.04. The molecule has 1 heterocycles. The minimum Gasteiger partial charge on any atom is -0.424 e. The minimum atomic E-state index is -0.553. The maximum atomic E-state index is 11.5. The molecule has 0 bridgehead atoms. The standard InChI is InChI=1S/C12H10N2O5/c1-7(15)13-6-12(19-8(2)16)10-4-3-9(14(17)18)5-11(10)13/h3-6H,1-2H3. The molecule has 0 amide bonds. The molecule has 0 fully saturated rings. The summed E-state index contributed by atoms with van der Waals surface area (Å²) in [6.45, 7) is 2.55. The zero-order valence-corrected chi connectivity index (χ0v) is 10.2. The molecule has 2 aromatic rings. The summed E-state index contributed by atoms with van der Waals surface area (Å²) >= 11 is 0. The number of hydrogen-bond acceptors (Lipinski definition) is 5. The summed E-state index contributed by atoms with van der Waals surface area (Å²) in [5.41, 5.74) is 0.195. The van der Waals surface area contributed by atoms with Gasteiger partial charge in [-0.2, -0.15) is 0 Å². The number of nitrogens with zero attached hydrogens (tertiary/aromatic N) is 2. The lowest BCUT2D eigenvalue weighted by Gasteiger charge is -1.98. The maximum absolute atomic E-state index is 11.5. The first kappa shape index (κ1) is 12.7. The van der Waals surface area contributed by atoms with Crippen LogP contribution in [-0.2, 0) is 4.79 Å². The third-order valence-electron chi connectivity index (χ3n) is 2.56. The van der Waals surface area contributed by atoms with Crippen LogP contribution in [0, 0.1) is 10.1 Å². The molecule has 98 valence electrons. The molecule has 1 aromatic carbocycles. The van der Waals surface area contributed by atoms with Crippen molar-refractivity contribution in [2.75, 3.05) is 0 Å². The van der Waals surface area contributed by atoms with E-state index >= 15 is 0 Å². The highest BCUT2D eigenvalue weighted by atomic mass is 16.6. The van der Waals surface area contributed by atoms with Crippen LogP contribution in [0.4, 0.5) is 5.69 Å². The van der Waals surface area contributed by atoms with Gasteiger partial charge in [0.15, 0.2) is 5.75 Å². The van der Waals surface area contributed by atoms with Crippen molar-refractivity contribution in [2.45, 2.75) is 13.8 Å². The number of non-ortho nitro benzene ring substituents is 1. The molecule has 0 unspecified atom stereocenters. The van der Waals surface area contributed by atoms with Crippen LogP contribution >= 0.6 is 0 Å². The van der Waals surface area contributed by atoms with Gasteiger partial charge in [0.05, 0.1) is 16.6 Å². The van der Waals surface area contributed by atoms with Crippen molar-refractivity contribution in [3.8, 4) is 5.75 Å². The number of rotatable bonds is 2. The van der Waals surface area contributed by atoms with E-state index in [1.165, 1.54) is 42.8 Å². The van der Waals surface area contributed by atoms with Gasteiger partial charge in [-0.05, 0) is 6.07 Å². The summed E-state index contributed by atoms with van der Waals surface area (Å²) in [4.78, 5) is 32.7. The number of ether oxygens (including phenoxy) is 1. The number of aromatic nitrogens is 1. The Balaban J connectivity index is 2.71. The van der Waals surface area contributed by atoms with Crippen LogP contribution in [-0.4, -0.2) is 21.4 Å². The molecule has 1 aromatic heterocycles. The average molecular weight is 262 g/mol. The molecule has 0 N–H and O–H groups in total. The second-order valence-electron chi connectivity index (χ2n) is 3.93. The first-order valence-electron chi connectivity index (χ1n) is 5.39. The molecule has 0 aliphatic carbocycles. The summed E-state index contributed by atoms with van der Waals surface area (Å²) in [6.07, 6.45) is 1.35. The highest BCUT2D eigenvalue weighted by molar-refractivity contribution is 5.97. The summed E-state index contributed by atoms with van der Waals surface area (Å²) in [6, 6.07) is 4.01. The molecule has 0 radical (unpaired) electrons. The number of esters is 1. The van der Waals surface area contributed by atoms with Crippen molar-refractivity contribution in [1.29, 1.82) is 0 Å². The van der Waals surface area contributed by atoms with E-state index in [0.717, 1.165) is 0 Å². The summed E-state index contributed by atoms with van der Waals surface area (Å²) in [7, 11) is 0. The van der Waals surface area contributed by atoms with Crippen LogP contribution in [0.15, 0.2) is 24.4 Å². The molecule has 7 heteroatoms. The number of benzene rings is 1. The number of fused-ring (bicyclic) bond motifs is 1. The Morgan fingerprint density at radius 2 is 2.00 bits per heavy atom. The fraction of sp³-hybridized carbons (Fsp3) is 0.167. The van der Waals surface area contributed by atoms with Gasteiger partial charge in [-0.3, -0.25) is 24.3 Å². The Bertz CT molecular complexity index is 701. The topological polar surface area (TPSA) is 91.4 Å². The largest absolute Gasteiger partial charge is 0.424 e. The first-order chi connectivity index (χ1) is 8.90. The Morgan fingerprint density at radius 3 is 2.53 bits per heavy atom. The summed E-state index contributed by atoms with van der Waals surface area (Å²) in [5.74, 6) is -0.655. The maximum Gasteiger partial charge on any atom is 0.308 e. The van der Waals surface area contributed by atoms with Crippen LogP contribution in [0.2, 0.25) is 0 Å². The summed E-state index contributed by atoms with van der Waals surface area (Å²) in [5, 5.41) is 11.2. The van der Waals surface area contributed by atoms with E-state index in [-0.39, 0.29) is 17.3 Å². The first-order valence-corrected chi connectivity index (χ1v) is 5.39.